The van der Waals surface area contributed by atoms with E-state index in [1.807, 2.05) is 24.3 Å². The molecule has 2 aromatic carbocycles. The molecule has 0 bridgehead atoms. The van der Waals surface area contributed by atoms with Crippen molar-refractivity contribution in [1.29, 1.82) is 5.41 Å². The smallest absolute Gasteiger partial charge is 0.354 e. The minimum Gasteiger partial charge on any atom is -0.379 e. The van der Waals surface area contributed by atoms with Crippen molar-refractivity contribution in [3.05, 3.63) is 81.1 Å². The Morgan fingerprint density at radius 2 is 1.96 bits per heavy atom. The summed E-state index contributed by atoms with van der Waals surface area (Å²) in [6.45, 7) is 2.02. The van der Waals surface area contributed by atoms with Crippen LogP contribution in [0.2, 0.25) is 5.02 Å². The van der Waals surface area contributed by atoms with Crippen molar-refractivity contribution in [3.8, 4) is 16.9 Å². The first-order chi connectivity index (χ1) is 21.8. The van der Waals surface area contributed by atoms with Crippen molar-refractivity contribution in [2.45, 2.75) is 69.9 Å². The van der Waals surface area contributed by atoms with E-state index in [2.05, 4.69) is 27.0 Å². The van der Waals surface area contributed by atoms with Crippen molar-refractivity contribution >= 4 is 39.6 Å². The van der Waals surface area contributed by atoms with Gasteiger partial charge < -0.3 is 16.5 Å². The number of likely N-dealkylation sites (tertiary alicyclic amines) is 1. The number of piperidine rings is 1. The van der Waals surface area contributed by atoms with Crippen LogP contribution in [0.4, 0.5) is 4.39 Å². The fraction of sp³-hybridized carbons (Fsp3) is 0.441. The van der Waals surface area contributed by atoms with E-state index in [1.54, 1.807) is 12.3 Å². The quantitative estimate of drug-likeness (QED) is 0.0761. The van der Waals surface area contributed by atoms with E-state index in [0.29, 0.717) is 34.3 Å². The van der Waals surface area contributed by atoms with Gasteiger partial charge in [-0.15, -0.1) is 0 Å². The van der Waals surface area contributed by atoms with Crippen LogP contribution in [0.15, 0.2) is 53.5 Å². The molecule has 1 saturated carbocycles. The number of benzene rings is 2. The minimum atomic E-state index is -0.498. The number of H-pyrrole nitrogens is 1. The fourth-order valence-corrected chi connectivity index (χ4v) is 7.29. The molecule has 3 heterocycles. The highest BCUT2D eigenvalue weighted by Gasteiger charge is 2.28. The van der Waals surface area contributed by atoms with Crippen LogP contribution in [0, 0.1) is 17.1 Å². The summed E-state index contributed by atoms with van der Waals surface area (Å²) in [5, 5.41) is 8.37. The van der Waals surface area contributed by atoms with Crippen LogP contribution in [0.1, 0.15) is 68.5 Å². The van der Waals surface area contributed by atoms with Gasteiger partial charge in [0.05, 0.1) is 16.4 Å². The van der Waals surface area contributed by atoms with Crippen molar-refractivity contribution in [1.82, 2.24) is 19.4 Å². The number of halogens is 2. The van der Waals surface area contributed by atoms with E-state index in [0.717, 1.165) is 62.2 Å². The number of amidine groups is 1. The molecule has 8 nitrogen and oxygen atoms in total. The summed E-state index contributed by atoms with van der Waals surface area (Å²) in [7, 11) is 0. The van der Waals surface area contributed by atoms with Crippen molar-refractivity contribution in [2.24, 2.45) is 17.4 Å². The molecule has 1 unspecified atom stereocenters. The van der Waals surface area contributed by atoms with Gasteiger partial charge in [-0.2, -0.15) is 4.98 Å². The molecule has 0 radical (unpaired) electrons. The van der Waals surface area contributed by atoms with Crippen LogP contribution in [0.5, 0.6) is 0 Å². The molecule has 2 atom stereocenters. The number of aryl methyl sites for hydroxylation is 1. The molecule has 238 valence electrons. The summed E-state index contributed by atoms with van der Waals surface area (Å²) in [5.74, 6) is 1.00. The molecule has 0 spiro atoms. The molecule has 1 saturated heterocycles. The summed E-state index contributed by atoms with van der Waals surface area (Å²) in [6.07, 6.45) is 11.3. The second kappa shape index (κ2) is 14.1. The highest BCUT2D eigenvalue weighted by Crippen LogP contribution is 2.35. The summed E-state index contributed by atoms with van der Waals surface area (Å²) in [4.78, 5) is 23.1. The number of aromatic amines is 1. The second-order valence-electron chi connectivity index (χ2n) is 12.4. The topological polar surface area (TPSA) is 130 Å². The molecule has 4 aromatic rings. The molecular weight excluding hydrogens is 609 g/mol. The van der Waals surface area contributed by atoms with Crippen molar-refractivity contribution in [3.63, 3.8) is 0 Å². The van der Waals surface area contributed by atoms with E-state index in [9.17, 15) is 4.79 Å². The number of thioether (sulfide) groups is 1. The second-order valence-corrected chi connectivity index (χ2v) is 14.0. The predicted molar refractivity (Wildman–Crippen MR) is 183 cm³/mol. The van der Waals surface area contributed by atoms with Gasteiger partial charge in [0.15, 0.2) is 11.0 Å². The summed E-state index contributed by atoms with van der Waals surface area (Å²) < 4.78 is 16.8. The molecule has 11 heteroatoms. The van der Waals surface area contributed by atoms with E-state index in [1.165, 1.54) is 47.6 Å². The third-order valence-electron chi connectivity index (χ3n) is 9.13. The van der Waals surface area contributed by atoms with Gasteiger partial charge in [-0.25, -0.2) is 9.18 Å². The molecule has 1 aliphatic carbocycles. The Labute approximate surface area is 272 Å². The summed E-state index contributed by atoms with van der Waals surface area (Å²) in [6, 6.07) is 14.0. The van der Waals surface area contributed by atoms with Crippen LogP contribution in [0.3, 0.4) is 0 Å². The standard InChI is InChI=1S/C34H41ClFN7OS/c35-27-18-21(5-3-6-28(37)22-8-9-22)17-26(31(27)36)29-19-24-20-43(34(44)41-32(24)40-29)25-12-10-23(11-13-25)30-7-1-2-14-42(30)15-4-16-45-33(38)39/h10-13,17-20,22,28,30H,1-9,14-16,37H2,(H3,38,39)(H,40,41,44)/t28?,30-/m0/s1. The lowest BCUT2D eigenvalue weighted by Gasteiger charge is -2.36. The maximum Gasteiger partial charge on any atom is 0.354 e. The number of nitrogens with zero attached hydrogens (tertiary/aromatic N) is 3. The Hall–Kier alpha value is -3.18. The van der Waals surface area contributed by atoms with Gasteiger partial charge in [-0.3, -0.25) is 14.9 Å². The molecule has 2 fully saturated rings. The van der Waals surface area contributed by atoms with Gasteiger partial charge in [-0.05, 0) is 112 Å². The molecule has 2 aromatic heterocycles. The Morgan fingerprint density at radius 3 is 2.71 bits per heavy atom. The largest absolute Gasteiger partial charge is 0.379 e. The van der Waals surface area contributed by atoms with E-state index < -0.39 is 11.5 Å². The minimum absolute atomic E-state index is 0.0757. The van der Waals surface area contributed by atoms with Gasteiger partial charge >= 0.3 is 5.69 Å². The molecule has 45 heavy (non-hydrogen) atoms. The van der Waals surface area contributed by atoms with Crippen LogP contribution < -0.4 is 17.2 Å². The number of hydrogen-bond donors (Lipinski definition) is 4. The Bertz CT molecular complexity index is 1720. The lowest BCUT2D eigenvalue weighted by atomic mass is 9.95. The lowest BCUT2D eigenvalue weighted by molar-refractivity contribution is 0.149. The first-order valence-corrected chi connectivity index (χ1v) is 17.3. The zero-order valence-electron chi connectivity index (χ0n) is 25.4. The van der Waals surface area contributed by atoms with Gasteiger partial charge in [0.25, 0.3) is 0 Å². The maximum atomic E-state index is 15.2. The number of rotatable bonds is 12. The van der Waals surface area contributed by atoms with Crippen molar-refractivity contribution < 1.29 is 4.39 Å². The third-order valence-corrected chi connectivity index (χ3v) is 10.2. The molecule has 6 N–H and O–H groups in total. The molecule has 2 aliphatic rings. The molecule has 6 rings (SSSR count). The molecule has 0 amide bonds. The SMILES string of the molecule is N=C(N)SCCCN1CCCC[C@H]1c1ccc(-n2cc3cc(-c4cc(CCCC(N)C5CC5)cc(Cl)c4F)[nH]c3nc2=O)cc1. The Morgan fingerprint density at radius 1 is 1.16 bits per heavy atom. The average Bonchev–Trinajstić information content (AvgIpc) is 3.81. The number of nitrogens with two attached hydrogens (primary N) is 2. The summed E-state index contributed by atoms with van der Waals surface area (Å²) in [5.41, 5.74) is 15.5. The number of fused-ring (bicyclic) bond motifs is 1. The monoisotopic (exact) mass is 649 g/mol. The third kappa shape index (κ3) is 7.62. The predicted octanol–water partition coefficient (Wildman–Crippen LogP) is 6.78. The highest BCUT2D eigenvalue weighted by atomic mass is 35.5. The van der Waals surface area contributed by atoms with Crippen LogP contribution in [0.25, 0.3) is 28.0 Å². The average molecular weight is 650 g/mol. The first-order valence-electron chi connectivity index (χ1n) is 15.9. The zero-order valence-corrected chi connectivity index (χ0v) is 27.0. The maximum absolute atomic E-state index is 15.2. The van der Waals surface area contributed by atoms with E-state index in [4.69, 9.17) is 28.5 Å². The van der Waals surface area contributed by atoms with Crippen LogP contribution in [-0.4, -0.2) is 49.5 Å². The van der Waals surface area contributed by atoms with Crippen LogP contribution >= 0.6 is 23.4 Å². The highest BCUT2D eigenvalue weighted by molar-refractivity contribution is 8.13. The van der Waals surface area contributed by atoms with E-state index >= 15 is 4.39 Å². The number of hydrogen-bond acceptors (Lipinski definition) is 6. The normalized spacial score (nSPS) is 18.0. The van der Waals surface area contributed by atoms with Gasteiger partial charge in [0.1, 0.15) is 5.65 Å². The van der Waals surface area contributed by atoms with E-state index in [-0.39, 0.29) is 16.2 Å². The number of nitrogens with one attached hydrogen (secondary N) is 2. The molecule has 1 aliphatic heterocycles. The Balaban J connectivity index is 1.19. The van der Waals surface area contributed by atoms with Gasteiger partial charge in [0, 0.05) is 35.0 Å². The fourth-order valence-electron chi connectivity index (χ4n) is 6.55. The summed E-state index contributed by atoms with van der Waals surface area (Å²) >= 11 is 7.71. The zero-order chi connectivity index (χ0) is 31.5. The van der Waals surface area contributed by atoms with Gasteiger partial charge in [0.2, 0.25) is 0 Å². The van der Waals surface area contributed by atoms with Crippen LogP contribution in [-0.2, 0) is 6.42 Å². The Kier molecular flexibility index (Phi) is 9.94. The number of aromatic nitrogens is 3. The first kappa shape index (κ1) is 31.8. The molecular formula is C34H41ClFN7OS. The van der Waals surface area contributed by atoms with Gasteiger partial charge in [-0.1, -0.05) is 41.9 Å². The van der Waals surface area contributed by atoms with Crippen molar-refractivity contribution in [2.75, 3.05) is 18.8 Å². The lowest BCUT2D eigenvalue weighted by Crippen LogP contribution is -2.34.